The summed E-state index contributed by atoms with van der Waals surface area (Å²) in [5.74, 6) is -0.360. The van der Waals surface area contributed by atoms with Gasteiger partial charge in [0.05, 0.1) is 0 Å². The molecule has 1 aliphatic rings. The Morgan fingerprint density at radius 3 is 1.55 bits per heavy atom. The third kappa shape index (κ3) is 31.9. The Morgan fingerprint density at radius 1 is 0.725 bits per heavy atom. The van der Waals surface area contributed by atoms with Crippen molar-refractivity contribution < 1.29 is 19.1 Å². The van der Waals surface area contributed by atoms with E-state index in [1.807, 2.05) is 0 Å². The van der Waals surface area contributed by atoms with Crippen molar-refractivity contribution in [2.45, 2.75) is 115 Å². The summed E-state index contributed by atoms with van der Waals surface area (Å²) >= 11 is 5.63. The van der Waals surface area contributed by atoms with Crippen LogP contribution in [0.4, 0.5) is 0 Å². The third-order valence-electron chi connectivity index (χ3n) is 6.14. The average molecular weight is 695 g/mol. The molecule has 0 atom stereocenters. The van der Waals surface area contributed by atoms with E-state index in [4.69, 9.17) is 9.47 Å². The number of allylic oxidation sites excluding steroid dienone is 4. The first kappa shape index (κ1) is 41.5. The molecule has 6 nitrogen and oxygen atoms in total. The van der Waals surface area contributed by atoms with Crippen LogP contribution in [-0.4, -0.2) is 106 Å². The van der Waals surface area contributed by atoms with Crippen molar-refractivity contribution in [2.75, 3.05) is 52.5 Å². The van der Waals surface area contributed by atoms with Gasteiger partial charge in [-0.2, -0.15) is 0 Å². The summed E-state index contributed by atoms with van der Waals surface area (Å²) in [7, 11) is 0. The Bertz CT molecular complexity index is 570. The van der Waals surface area contributed by atoms with Gasteiger partial charge in [-0.3, -0.25) is 0 Å². The molecule has 0 aromatic carbocycles. The second kappa shape index (κ2) is 34.6. The summed E-state index contributed by atoms with van der Waals surface area (Å²) in [5, 5.41) is 1.43. The number of nitrogens with zero attached hydrogens (tertiary/aromatic N) is 2. The molecular formula is C32H60N2O4Se2. The van der Waals surface area contributed by atoms with Gasteiger partial charge in [-0.25, -0.2) is 0 Å². The fourth-order valence-electron chi connectivity index (χ4n) is 3.79. The molecule has 2 radical (unpaired) electrons. The first-order chi connectivity index (χ1) is 19.5. The first-order valence-electron chi connectivity index (χ1n) is 15.7. The number of esters is 2. The summed E-state index contributed by atoms with van der Waals surface area (Å²) in [5.41, 5.74) is 0. The second-order valence-corrected chi connectivity index (χ2v) is 11.5. The molecule has 0 N–H and O–H groups in total. The molecule has 8 heteroatoms. The molecule has 0 amide bonds. The van der Waals surface area contributed by atoms with E-state index in [0.717, 1.165) is 26.2 Å². The maximum atomic E-state index is 11.7. The topological polar surface area (TPSA) is 59.1 Å². The van der Waals surface area contributed by atoms with Crippen molar-refractivity contribution in [1.29, 1.82) is 0 Å². The van der Waals surface area contributed by atoms with Crippen molar-refractivity contribution in [3.05, 3.63) is 24.3 Å². The van der Waals surface area contributed by atoms with Gasteiger partial charge < -0.3 is 0 Å². The van der Waals surface area contributed by atoms with Gasteiger partial charge in [0.2, 0.25) is 0 Å². The van der Waals surface area contributed by atoms with Crippen LogP contribution >= 0.6 is 0 Å². The summed E-state index contributed by atoms with van der Waals surface area (Å²) in [6, 6.07) is 0. The molecular weight excluding hydrogens is 634 g/mol. The molecule has 0 unspecified atom stereocenters. The van der Waals surface area contributed by atoms with Gasteiger partial charge >= 0.3 is 162 Å². The van der Waals surface area contributed by atoms with Gasteiger partial charge in [-0.1, -0.05) is 77.7 Å². The van der Waals surface area contributed by atoms with Crippen molar-refractivity contribution in [3.63, 3.8) is 0 Å². The Hall–Kier alpha value is -0.621. The van der Waals surface area contributed by atoms with Crippen LogP contribution in [0.25, 0.3) is 0 Å². The number of carbonyl (C=O) groups is 2. The Labute approximate surface area is 264 Å². The van der Waals surface area contributed by atoms with E-state index in [9.17, 15) is 9.59 Å². The number of rotatable bonds is 21. The second-order valence-electron chi connectivity index (χ2n) is 9.78. The van der Waals surface area contributed by atoms with E-state index in [1.165, 1.54) is 64.2 Å². The maximum absolute atomic E-state index is 11.7. The molecule has 1 aliphatic heterocycles. The van der Waals surface area contributed by atoms with Crippen LogP contribution in [0.1, 0.15) is 105 Å². The van der Waals surface area contributed by atoms with Crippen molar-refractivity contribution in [3.8, 4) is 0 Å². The van der Waals surface area contributed by atoms with Crippen LogP contribution in [0.15, 0.2) is 24.3 Å². The van der Waals surface area contributed by atoms with Gasteiger partial charge in [-0.05, 0) is 25.7 Å². The van der Waals surface area contributed by atoms with Crippen molar-refractivity contribution >= 4 is 44.0 Å². The Balaban J connectivity index is 0. The van der Waals surface area contributed by atoms with Crippen molar-refractivity contribution in [1.82, 2.24) is 9.80 Å². The quantitative estimate of drug-likeness (QED) is 0.0577. The molecule has 1 saturated heterocycles. The monoisotopic (exact) mass is 696 g/mol. The molecule has 0 aromatic heterocycles. The average Bonchev–Trinajstić information content (AvgIpc) is 3.49. The van der Waals surface area contributed by atoms with Crippen LogP contribution in [0, 0.1) is 0 Å². The van der Waals surface area contributed by atoms with E-state index in [0.29, 0.717) is 49.8 Å². The van der Waals surface area contributed by atoms with Crippen LogP contribution in [-0.2, 0) is 19.1 Å². The van der Waals surface area contributed by atoms with Gasteiger partial charge in [0.15, 0.2) is 0 Å². The van der Waals surface area contributed by atoms with Crippen LogP contribution in [0.2, 0.25) is 10.6 Å². The molecule has 0 bridgehead atoms. The van der Waals surface area contributed by atoms with Crippen LogP contribution < -0.4 is 0 Å². The Kier molecular flexibility index (Phi) is 35.9. The van der Waals surface area contributed by atoms with Gasteiger partial charge in [0, 0.05) is 0 Å². The molecule has 0 aliphatic carbocycles. The normalized spacial score (nSPS) is 13.3. The number of likely N-dealkylation sites (tertiary alicyclic amines) is 1. The number of unbranched alkanes of at least 4 members (excludes halogenated alkanes) is 4. The number of hydrogen-bond donors (Lipinski definition) is 0. The summed E-state index contributed by atoms with van der Waals surface area (Å²) in [6.07, 6.45) is 22.5. The summed E-state index contributed by atoms with van der Waals surface area (Å²) in [4.78, 5) is 28.0. The zero-order valence-corrected chi connectivity index (χ0v) is 29.6. The fraction of sp³-hybridized carbons (Fsp3) is 0.812. The summed E-state index contributed by atoms with van der Waals surface area (Å²) in [6.45, 7) is 15.0. The predicted molar refractivity (Wildman–Crippen MR) is 172 cm³/mol. The van der Waals surface area contributed by atoms with E-state index in [2.05, 4.69) is 93.8 Å². The first-order valence-corrected chi connectivity index (χ1v) is 18.1. The predicted octanol–water partition coefficient (Wildman–Crippen LogP) is 6.71. The minimum absolute atomic E-state index is 0.180. The molecule has 0 spiro atoms. The number of hydrogen-bond acceptors (Lipinski definition) is 6. The van der Waals surface area contributed by atoms with E-state index in [1.54, 1.807) is 0 Å². The Morgan fingerprint density at radius 2 is 1.18 bits per heavy atom. The van der Waals surface area contributed by atoms with Gasteiger partial charge in [-0.15, -0.1) is 0 Å². The minimum atomic E-state index is -0.180. The van der Waals surface area contributed by atoms with E-state index >= 15 is 0 Å². The standard InChI is InChI=1S/C16H28N2O4Se2.2C8H16/c19-15(21-11-13-23)3-7-18(8-4-16(20)22-12-14-24)10-9-17-5-1-2-6-17;2*1-3-5-7-8-6-4-2/h1-14H2;2*5,7H,3-4,6,8H2,1-2H3/b;2*7-5-. The van der Waals surface area contributed by atoms with Crippen LogP contribution in [0.3, 0.4) is 0 Å². The molecule has 1 heterocycles. The zero-order chi connectivity index (χ0) is 30.1. The zero-order valence-electron chi connectivity index (χ0n) is 26.2. The molecule has 1 fully saturated rings. The SMILES string of the molecule is CC/C=C\CCCC.CC/C=C\CCCC.O=C(CCN(CCC(=O)OCC[Se])CCN1CCCC1)OCC[Se]. The molecule has 0 aromatic rings. The van der Waals surface area contributed by atoms with Crippen LogP contribution in [0.5, 0.6) is 0 Å². The molecule has 0 saturated carbocycles. The molecule has 1 rings (SSSR count). The van der Waals surface area contributed by atoms with Gasteiger partial charge in [0.25, 0.3) is 0 Å². The van der Waals surface area contributed by atoms with E-state index < -0.39 is 0 Å². The summed E-state index contributed by atoms with van der Waals surface area (Å²) < 4.78 is 10.2. The molecule has 234 valence electrons. The molecule has 40 heavy (non-hydrogen) atoms. The van der Waals surface area contributed by atoms with E-state index in [-0.39, 0.29) is 11.9 Å². The third-order valence-corrected chi connectivity index (χ3v) is 6.84. The number of carbonyl (C=O) groups excluding carboxylic acids is 2. The van der Waals surface area contributed by atoms with Crippen molar-refractivity contribution in [2.24, 2.45) is 0 Å². The number of ether oxygens (including phenoxy) is 2. The fourth-order valence-corrected chi connectivity index (χ4v) is 4.14. The van der Waals surface area contributed by atoms with Gasteiger partial charge in [0.1, 0.15) is 0 Å².